The molecular weight excluding hydrogens is 242 g/mol. The van der Waals surface area contributed by atoms with Gasteiger partial charge in [0.05, 0.1) is 0 Å². The fourth-order valence-electron chi connectivity index (χ4n) is 2.67. The molecule has 20 heavy (non-hydrogen) atoms. The molecule has 0 fully saturated rings. The third-order valence-electron chi connectivity index (χ3n) is 3.70. The first-order chi connectivity index (χ1) is 9.72. The summed E-state index contributed by atoms with van der Waals surface area (Å²) in [5, 5.41) is 3.61. The summed E-state index contributed by atoms with van der Waals surface area (Å²) in [4.78, 5) is 0. The lowest BCUT2D eigenvalue weighted by molar-refractivity contribution is 0.474. The molecule has 0 aromatic heterocycles. The minimum atomic E-state index is 0.305. The third kappa shape index (κ3) is 3.58. The second-order valence-electron chi connectivity index (χ2n) is 5.28. The Morgan fingerprint density at radius 3 is 1.70 bits per heavy atom. The van der Waals surface area contributed by atoms with Gasteiger partial charge in [-0.25, -0.2) is 0 Å². The highest BCUT2D eigenvalue weighted by Crippen LogP contribution is 2.28. The van der Waals surface area contributed by atoms with E-state index in [9.17, 15) is 0 Å². The molecule has 0 aliphatic carbocycles. The van der Waals surface area contributed by atoms with Crippen molar-refractivity contribution in [3.05, 3.63) is 84.4 Å². The highest BCUT2D eigenvalue weighted by Gasteiger charge is 2.21. The van der Waals surface area contributed by atoms with Gasteiger partial charge in [0.15, 0.2) is 0 Å². The molecule has 0 saturated heterocycles. The van der Waals surface area contributed by atoms with Gasteiger partial charge >= 0.3 is 0 Å². The zero-order chi connectivity index (χ0) is 14.4. The third-order valence-corrected chi connectivity index (χ3v) is 3.70. The molecular formula is C19H23N. The summed E-state index contributed by atoms with van der Waals surface area (Å²) in [5.74, 6) is 0.347. The predicted octanol–water partition coefficient (Wildman–Crippen LogP) is 4.37. The topological polar surface area (TPSA) is 12.0 Å². The van der Waals surface area contributed by atoms with Crippen molar-refractivity contribution >= 4 is 0 Å². The Bertz CT molecular complexity index is 478. The molecule has 1 heteroatoms. The van der Waals surface area contributed by atoms with E-state index >= 15 is 0 Å². The number of nitrogens with one attached hydrogen (secondary N) is 1. The minimum absolute atomic E-state index is 0.305. The van der Waals surface area contributed by atoms with E-state index < -0.39 is 0 Å². The van der Waals surface area contributed by atoms with E-state index in [0.717, 1.165) is 0 Å². The molecule has 2 rings (SSSR count). The zero-order valence-electron chi connectivity index (χ0n) is 12.3. The van der Waals surface area contributed by atoms with Crippen molar-refractivity contribution in [1.82, 2.24) is 5.32 Å². The van der Waals surface area contributed by atoms with Crippen LogP contribution in [0.5, 0.6) is 0 Å². The number of hydrogen-bond donors (Lipinski definition) is 1. The van der Waals surface area contributed by atoms with Gasteiger partial charge in [-0.15, -0.1) is 6.58 Å². The SMILES string of the molecule is C=CC(C)NC(C)C(c1ccccc1)c1ccccc1. The van der Waals surface area contributed by atoms with Crippen molar-refractivity contribution < 1.29 is 0 Å². The Morgan fingerprint density at radius 2 is 1.30 bits per heavy atom. The Hall–Kier alpha value is -1.86. The molecule has 0 spiro atoms. The van der Waals surface area contributed by atoms with Gasteiger partial charge in [0.25, 0.3) is 0 Å². The van der Waals surface area contributed by atoms with Gasteiger partial charge < -0.3 is 5.32 Å². The molecule has 2 unspecified atom stereocenters. The van der Waals surface area contributed by atoms with E-state index in [0.29, 0.717) is 18.0 Å². The lowest BCUT2D eigenvalue weighted by Gasteiger charge is -2.28. The monoisotopic (exact) mass is 265 g/mol. The lowest BCUT2D eigenvalue weighted by Crippen LogP contribution is -2.37. The van der Waals surface area contributed by atoms with Crippen LogP contribution in [-0.2, 0) is 0 Å². The molecule has 0 aliphatic rings. The first kappa shape index (κ1) is 14.5. The molecule has 0 bridgehead atoms. The highest BCUT2D eigenvalue weighted by molar-refractivity contribution is 5.34. The Morgan fingerprint density at radius 1 is 0.850 bits per heavy atom. The van der Waals surface area contributed by atoms with Crippen molar-refractivity contribution in [2.24, 2.45) is 0 Å². The van der Waals surface area contributed by atoms with E-state index in [1.807, 2.05) is 6.08 Å². The Kier molecular flexibility index (Phi) is 5.14. The Balaban J connectivity index is 2.32. The second kappa shape index (κ2) is 7.06. The molecule has 1 N–H and O–H groups in total. The number of hydrogen-bond acceptors (Lipinski definition) is 1. The first-order valence-electron chi connectivity index (χ1n) is 7.21. The summed E-state index contributed by atoms with van der Waals surface area (Å²) < 4.78 is 0. The molecule has 2 atom stereocenters. The molecule has 0 aliphatic heterocycles. The molecule has 0 amide bonds. The van der Waals surface area contributed by atoms with Crippen molar-refractivity contribution in [1.29, 1.82) is 0 Å². The summed E-state index contributed by atoms with van der Waals surface area (Å²) in [6.45, 7) is 8.23. The van der Waals surface area contributed by atoms with E-state index in [2.05, 4.69) is 86.4 Å². The predicted molar refractivity (Wildman–Crippen MR) is 87.0 cm³/mol. The maximum atomic E-state index is 3.86. The summed E-state index contributed by atoms with van der Waals surface area (Å²) in [7, 11) is 0. The van der Waals surface area contributed by atoms with Crippen LogP contribution in [0.1, 0.15) is 30.9 Å². The van der Waals surface area contributed by atoms with Crippen LogP contribution in [0.4, 0.5) is 0 Å². The van der Waals surface area contributed by atoms with Crippen molar-refractivity contribution in [2.75, 3.05) is 0 Å². The minimum Gasteiger partial charge on any atom is -0.307 e. The molecule has 1 nitrogen and oxygen atoms in total. The van der Waals surface area contributed by atoms with Gasteiger partial charge in [0.1, 0.15) is 0 Å². The molecule has 0 radical (unpaired) electrons. The molecule has 0 saturated carbocycles. The van der Waals surface area contributed by atoms with E-state index in [1.54, 1.807) is 0 Å². The Labute approximate surface area is 122 Å². The van der Waals surface area contributed by atoms with Crippen LogP contribution in [0.25, 0.3) is 0 Å². The van der Waals surface area contributed by atoms with Crippen molar-refractivity contribution in [3.8, 4) is 0 Å². The van der Waals surface area contributed by atoms with Crippen molar-refractivity contribution in [3.63, 3.8) is 0 Å². The van der Waals surface area contributed by atoms with Crippen LogP contribution < -0.4 is 5.32 Å². The van der Waals surface area contributed by atoms with Crippen LogP contribution in [0, 0.1) is 0 Å². The van der Waals surface area contributed by atoms with Gasteiger partial charge in [0.2, 0.25) is 0 Å². The van der Waals surface area contributed by atoms with Crippen LogP contribution in [-0.4, -0.2) is 12.1 Å². The summed E-state index contributed by atoms with van der Waals surface area (Å²) in [6.07, 6.45) is 1.95. The summed E-state index contributed by atoms with van der Waals surface area (Å²) >= 11 is 0. The molecule has 0 heterocycles. The van der Waals surface area contributed by atoms with E-state index in [4.69, 9.17) is 0 Å². The fraction of sp³-hybridized carbons (Fsp3) is 0.263. The lowest BCUT2D eigenvalue weighted by atomic mass is 9.85. The van der Waals surface area contributed by atoms with Gasteiger partial charge in [-0.1, -0.05) is 66.7 Å². The number of benzene rings is 2. The van der Waals surface area contributed by atoms with Crippen LogP contribution in [0.3, 0.4) is 0 Å². The van der Waals surface area contributed by atoms with Crippen molar-refractivity contribution in [2.45, 2.75) is 31.8 Å². The largest absolute Gasteiger partial charge is 0.307 e. The second-order valence-corrected chi connectivity index (χ2v) is 5.28. The molecule has 2 aromatic carbocycles. The highest BCUT2D eigenvalue weighted by atomic mass is 14.9. The molecule has 2 aromatic rings. The van der Waals surface area contributed by atoms with Gasteiger partial charge in [-0.3, -0.25) is 0 Å². The average Bonchev–Trinajstić information content (AvgIpc) is 2.49. The smallest absolute Gasteiger partial charge is 0.0240 e. The molecule has 104 valence electrons. The van der Waals surface area contributed by atoms with Crippen LogP contribution in [0.2, 0.25) is 0 Å². The number of rotatable bonds is 6. The maximum Gasteiger partial charge on any atom is 0.0240 e. The standard InChI is InChI=1S/C19H23N/c1-4-15(2)20-16(3)19(17-11-7-5-8-12-17)18-13-9-6-10-14-18/h4-16,19-20H,1H2,2-3H3. The zero-order valence-corrected chi connectivity index (χ0v) is 12.3. The quantitative estimate of drug-likeness (QED) is 0.765. The van der Waals surface area contributed by atoms with E-state index in [1.165, 1.54) is 11.1 Å². The fourth-order valence-corrected chi connectivity index (χ4v) is 2.67. The van der Waals surface area contributed by atoms with Gasteiger partial charge in [0, 0.05) is 18.0 Å². The summed E-state index contributed by atoms with van der Waals surface area (Å²) in [5.41, 5.74) is 2.69. The average molecular weight is 265 g/mol. The first-order valence-corrected chi connectivity index (χ1v) is 7.21. The van der Waals surface area contributed by atoms with E-state index in [-0.39, 0.29) is 0 Å². The van der Waals surface area contributed by atoms with Crippen LogP contribution in [0.15, 0.2) is 73.3 Å². The maximum absolute atomic E-state index is 3.86. The van der Waals surface area contributed by atoms with Gasteiger partial charge in [-0.05, 0) is 25.0 Å². The van der Waals surface area contributed by atoms with Crippen LogP contribution >= 0.6 is 0 Å². The normalized spacial score (nSPS) is 13.9. The van der Waals surface area contributed by atoms with Gasteiger partial charge in [-0.2, -0.15) is 0 Å². The summed E-state index contributed by atoms with van der Waals surface area (Å²) in [6, 6.07) is 22.0.